The van der Waals surface area contributed by atoms with Crippen LogP contribution in [0.25, 0.3) is 11.1 Å². The number of anilines is 2. The minimum Gasteiger partial charge on any atom is -0.507 e. The van der Waals surface area contributed by atoms with Gasteiger partial charge in [-0.3, -0.25) is 4.79 Å². The molecule has 0 aliphatic rings. The Kier molecular flexibility index (Phi) is 3.80. The quantitative estimate of drug-likeness (QED) is 0.637. The zero-order chi connectivity index (χ0) is 17.3. The maximum Gasteiger partial charge on any atom is 0.259 e. The van der Waals surface area contributed by atoms with Crippen LogP contribution in [0.15, 0.2) is 34.7 Å². The number of hydrogen-bond acceptors (Lipinski definition) is 6. The molecule has 2 aromatic carbocycles. The number of rotatable bonds is 3. The van der Waals surface area contributed by atoms with Gasteiger partial charge in [0, 0.05) is 18.2 Å². The Morgan fingerprint density at radius 1 is 1.42 bits per heavy atom. The molecule has 0 spiro atoms. The van der Waals surface area contributed by atoms with Crippen LogP contribution in [0, 0.1) is 11.3 Å². The summed E-state index contributed by atoms with van der Waals surface area (Å²) in [6.07, 6.45) is 0.673. The number of nitrogen functional groups attached to an aromatic ring is 1. The van der Waals surface area contributed by atoms with Gasteiger partial charge in [0.05, 0.1) is 16.8 Å². The zero-order valence-electron chi connectivity index (χ0n) is 12.8. The molecule has 0 aliphatic heterocycles. The van der Waals surface area contributed by atoms with Crippen LogP contribution in [0.3, 0.4) is 0 Å². The Bertz CT molecular complexity index is 985. The van der Waals surface area contributed by atoms with E-state index in [0.29, 0.717) is 29.1 Å². The monoisotopic (exact) mass is 322 g/mol. The number of fused-ring (bicyclic) bond motifs is 1. The van der Waals surface area contributed by atoms with Crippen LogP contribution in [0.5, 0.6) is 5.75 Å². The number of amides is 1. The van der Waals surface area contributed by atoms with Crippen LogP contribution in [-0.2, 0) is 6.42 Å². The number of benzene rings is 2. The van der Waals surface area contributed by atoms with E-state index in [1.54, 1.807) is 18.2 Å². The molecule has 0 atom stereocenters. The van der Waals surface area contributed by atoms with E-state index in [2.05, 4.69) is 10.3 Å². The highest BCUT2D eigenvalue weighted by Gasteiger charge is 2.15. The zero-order valence-corrected chi connectivity index (χ0v) is 12.8. The molecule has 7 heteroatoms. The van der Waals surface area contributed by atoms with Gasteiger partial charge in [0.1, 0.15) is 17.3 Å². The number of phenolic OH excluding ortho intramolecular Hbond substituents is 1. The number of hydrogen-bond donors (Lipinski definition) is 3. The highest BCUT2D eigenvalue weighted by molar-refractivity contribution is 6.07. The van der Waals surface area contributed by atoms with Gasteiger partial charge < -0.3 is 20.6 Å². The lowest BCUT2D eigenvalue weighted by molar-refractivity contribution is 0.102. The third kappa shape index (κ3) is 2.73. The van der Waals surface area contributed by atoms with Gasteiger partial charge in [-0.15, -0.1) is 0 Å². The third-order valence-corrected chi connectivity index (χ3v) is 3.53. The van der Waals surface area contributed by atoms with Crippen LogP contribution < -0.4 is 11.1 Å². The number of carbonyl (C=O) groups excluding carboxylic acids is 1. The van der Waals surface area contributed by atoms with E-state index < -0.39 is 5.91 Å². The maximum absolute atomic E-state index is 12.3. The van der Waals surface area contributed by atoms with Crippen molar-refractivity contribution in [3.63, 3.8) is 0 Å². The summed E-state index contributed by atoms with van der Waals surface area (Å²) < 4.78 is 5.51. The van der Waals surface area contributed by atoms with Crippen molar-refractivity contribution in [3.8, 4) is 11.8 Å². The van der Waals surface area contributed by atoms with Crippen molar-refractivity contribution in [2.75, 3.05) is 11.1 Å². The number of nitriles is 1. The maximum atomic E-state index is 12.3. The average Bonchev–Trinajstić information content (AvgIpc) is 2.97. The van der Waals surface area contributed by atoms with E-state index in [4.69, 9.17) is 15.4 Å². The summed E-state index contributed by atoms with van der Waals surface area (Å²) in [7, 11) is 0. The minimum absolute atomic E-state index is 0.0322. The van der Waals surface area contributed by atoms with Crippen LogP contribution in [-0.4, -0.2) is 16.0 Å². The Balaban J connectivity index is 1.91. The van der Waals surface area contributed by atoms with Gasteiger partial charge >= 0.3 is 0 Å². The van der Waals surface area contributed by atoms with E-state index in [-0.39, 0.29) is 22.6 Å². The second-order valence-corrected chi connectivity index (χ2v) is 5.17. The van der Waals surface area contributed by atoms with Crippen LogP contribution in [0.4, 0.5) is 11.4 Å². The van der Waals surface area contributed by atoms with Crippen molar-refractivity contribution in [1.29, 1.82) is 5.26 Å². The molecule has 24 heavy (non-hydrogen) atoms. The summed E-state index contributed by atoms with van der Waals surface area (Å²) in [6, 6.07) is 9.37. The smallest absolute Gasteiger partial charge is 0.259 e. The summed E-state index contributed by atoms with van der Waals surface area (Å²) in [6.45, 7) is 1.93. The molecule has 0 radical (unpaired) electrons. The lowest BCUT2D eigenvalue weighted by Gasteiger charge is -2.08. The Morgan fingerprint density at radius 3 is 2.92 bits per heavy atom. The van der Waals surface area contributed by atoms with Gasteiger partial charge in [-0.05, 0) is 24.3 Å². The van der Waals surface area contributed by atoms with Crippen LogP contribution >= 0.6 is 0 Å². The standard InChI is InChI=1S/C17H14N4O3/c1-2-16-21-13-6-10(3-4-15(13)24-16)20-17(23)11-5-9(8-18)12(19)7-14(11)22/h3-7,22H,2,19H2,1H3,(H,20,23). The third-order valence-electron chi connectivity index (χ3n) is 3.53. The van der Waals surface area contributed by atoms with Crippen molar-refractivity contribution < 1.29 is 14.3 Å². The highest BCUT2D eigenvalue weighted by Crippen LogP contribution is 2.26. The molecule has 0 aliphatic carbocycles. The first kappa shape index (κ1) is 15.4. The molecular formula is C17H14N4O3. The number of nitrogens with zero attached hydrogens (tertiary/aromatic N) is 2. The van der Waals surface area contributed by atoms with E-state index in [1.165, 1.54) is 12.1 Å². The molecule has 0 unspecified atom stereocenters. The van der Waals surface area contributed by atoms with E-state index in [0.717, 1.165) is 0 Å². The molecule has 0 bridgehead atoms. The lowest BCUT2D eigenvalue weighted by atomic mass is 10.1. The largest absolute Gasteiger partial charge is 0.507 e. The predicted molar refractivity (Wildman–Crippen MR) is 88.6 cm³/mol. The molecule has 120 valence electrons. The van der Waals surface area contributed by atoms with Gasteiger partial charge in [-0.2, -0.15) is 5.26 Å². The molecule has 7 nitrogen and oxygen atoms in total. The fourth-order valence-corrected chi connectivity index (χ4v) is 2.29. The Morgan fingerprint density at radius 2 is 2.21 bits per heavy atom. The first-order valence-corrected chi connectivity index (χ1v) is 7.25. The summed E-state index contributed by atoms with van der Waals surface area (Å²) in [4.78, 5) is 16.6. The summed E-state index contributed by atoms with van der Waals surface area (Å²) >= 11 is 0. The predicted octanol–water partition coefficient (Wildman–Crippen LogP) is 2.80. The molecule has 0 saturated carbocycles. The van der Waals surface area contributed by atoms with Crippen molar-refractivity contribution in [2.45, 2.75) is 13.3 Å². The number of nitrogens with two attached hydrogens (primary N) is 1. The molecule has 1 aromatic heterocycles. The van der Waals surface area contributed by atoms with Gasteiger partial charge in [0.2, 0.25) is 0 Å². The fourth-order valence-electron chi connectivity index (χ4n) is 2.29. The van der Waals surface area contributed by atoms with Crippen molar-refractivity contribution in [1.82, 2.24) is 4.98 Å². The van der Waals surface area contributed by atoms with Crippen molar-refractivity contribution in [3.05, 3.63) is 47.3 Å². The second-order valence-electron chi connectivity index (χ2n) is 5.17. The van der Waals surface area contributed by atoms with E-state index in [1.807, 2.05) is 13.0 Å². The summed E-state index contributed by atoms with van der Waals surface area (Å²) in [5, 5.41) is 21.5. The Hall–Kier alpha value is -3.53. The number of aromatic nitrogens is 1. The number of carbonyl (C=O) groups is 1. The van der Waals surface area contributed by atoms with Gasteiger partial charge in [0.15, 0.2) is 11.5 Å². The number of phenols is 1. The fraction of sp³-hybridized carbons (Fsp3) is 0.118. The molecule has 0 saturated heterocycles. The number of aromatic hydroxyl groups is 1. The van der Waals surface area contributed by atoms with Gasteiger partial charge in [-0.1, -0.05) is 6.92 Å². The highest BCUT2D eigenvalue weighted by atomic mass is 16.3. The molecule has 3 aromatic rings. The SMILES string of the molecule is CCc1nc2cc(NC(=O)c3cc(C#N)c(N)cc3O)ccc2o1. The summed E-state index contributed by atoms with van der Waals surface area (Å²) in [5.74, 6) is -0.231. The second kappa shape index (κ2) is 5.93. The van der Waals surface area contributed by atoms with E-state index in [9.17, 15) is 9.90 Å². The molecule has 1 heterocycles. The first-order valence-electron chi connectivity index (χ1n) is 7.25. The normalized spacial score (nSPS) is 10.5. The van der Waals surface area contributed by atoms with Crippen molar-refractivity contribution >= 4 is 28.4 Å². The molecule has 3 rings (SSSR count). The average molecular weight is 322 g/mol. The molecule has 1 amide bonds. The Labute approximate surface area is 137 Å². The van der Waals surface area contributed by atoms with Crippen LogP contribution in [0.1, 0.15) is 28.7 Å². The van der Waals surface area contributed by atoms with Gasteiger partial charge in [-0.25, -0.2) is 4.98 Å². The number of oxazole rings is 1. The summed E-state index contributed by atoms with van der Waals surface area (Å²) in [5.41, 5.74) is 7.56. The van der Waals surface area contributed by atoms with Crippen LogP contribution in [0.2, 0.25) is 0 Å². The first-order chi connectivity index (χ1) is 11.5. The lowest BCUT2D eigenvalue weighted by Crippen LogP contribution is -2.12. The molecule has 0 fully saturated rings. The van der Waals surface area contributed by atoms with Gasteiger partial charge in [0.25, 0.3) is 5.91 Å². The molecular weight excluding hydrogens is 308 g/mol. The van der Waals surface area contributed by atoms with Crippen molar-refractivity contribution in [2.24, 2.45) is 0 Å². The number of aryl methyl sites for hydroxylation is 1. The topological polar surface area (TPSA) is 125 Å². The molecule has 4 N–H and O–H groups in total. The number of nitrogens with one attached hydrogen (secondary N) is 1. The van der Waals surface area contributed by atoms with E-state index >= 15 is 0 Å². The minimum atomic E-state index is -0.553.